The number of nitrogens with one attached hydrogen (secondary N) is 1. The van der Waals surface area contributed by atoms with Crippen molar-refractivity contribution in [3.8, 4) is 5.69 Å². The summed E-state index contributed by atoms with van der Waals surface area (Å²) in [6.45, 7) is 0. The van der Waals surface area contributed by atoms with Crippen molar-refractivity contribution in [3.63, 3.8) is 0 Å². The molecule has 114 valence electrons. The molecule has 1 amide bonds. The van der Waals surface area contributed by atoms with E-state index in [9.17, 15) is 9.59 Å². The standard InChI is InChI=1S/C17H12BrN3O2/c18-13-6-8-14(9-7-13)21-11-10-19-15(17(21)23)20-16(22)12-4-2-1-3-5-12/h1-11H,(H,19,20,22). The molecule has 1 N–H and O–H groups in total. The van der Waals surface area contributed by atoms with Crippen molar-refractivity contribution in [2.24, 2.45) is 0 Å². The van der Waals surface area contributed by atoms with Crippen LogP contribution in [0.3, 0.4) is 0 Å². The third-order valence-corrected chi connectivity index (χ3v) is 3.74. The van der Waals surface area contributed by atoms with Crippen LogP contribution < -0.4 is 10.9 Å². The van der Waals surface area contributed by atoms with Crippen LogP contribution in [0, 0.1) is 0 Å². The van der Waals surface area contributed by atoms with E-state index in [4.69, 9.17) is 0 Å². The second-order valence-corrected chi connectivity index (χ2v) is 5.66. The molecule has 0 saturated carbocycles. The molecule has 23 heavy (non-hydrogen) atoms. The first-order chi connectivity index (χ1) is 11.1. The Bertz CT molecular complexity index is 890. The highest BCUT2D eigenvalue weighted by Gasteiger charge is 2.11. The summed E-state index contributed by atoms with van der Waals surface area (Å²) in [6, 6.07) is 16.0. The van der Waals surface area contributed by atoms with Crippen molar-refractivity contribution in [2.45, 2.75) is 0 Å². The van der Waals surface area contributed by atoms with Gasteiger partial charge >= 0.3 is 0 Å². The van der Waals surface area contributed by atoms with Crippen LogP contribution >= 0.6 is 15.9 Å². The smallest absolute Gasteiger partial charge is 0.298 e. The van der Waals surface area contributed by atoms with Gasteiger partial charge in [-0.15, -0.1) is 0 Å². The molecule has 3 aromatic rings. The van der Waals surface area contributed by atoms with Crippen molar-refractivity contribution in [3.05, 3.63) is 87.4 Å². The van der Waals surface area contributed by atoms with E-state index in [0.717, 1.165) is 4.47 Å². The van der Waals surface area contributed by atoms with Crippen LogP contribution in [-0.2, 0) is 0 Å². The van der Waals surface area contributed by atoms with Crippen LogP contribution in [0.2, 0.25) is 0 Å². The Kier molecular flexibility index (Phi) is 4.34. The Morgan fingerprint density at radius 2 is 1.74 bits per heavy atom. The number of rotatable bonds is 3. The Morgan fingerprint density at radius 1 is 1.04 bits per heavy atom. The van der Waals surface area contributed by atoms with E-state index >= 15 is 0 Å². The number of hydrogen-bond acceptors (Lipinski definition) is 3. The van der Waals surface area contributed by atoms with E-state index in [1.165, 1.54) is 10.8 Å². The van der Waals surface area contributed by atoms with Gasteiger partial charge in [0.2, 0.25) is 0 Å². The minimum atomic E-state index is -0.390. The number of halogens is 1. The third-order valence-electron chi connectivity index (χ3n) is 3.21. The van der Waals surface area contributed by atoms with Crippen LogP contribution in [0.1, 0.15) is 10.4 Å². The van der Waals surface area contributed by atoms with Gasteiger partial charge in [0.15, 0.2) is 5.82 Å². The highest BCUT2D eigenvalue weighted by Crippen LogP contribution is 2.13. The predicted octanol–water partition coefficient (Wildman–Crippen LogP) is 3.25. The molecular weight excluding hydrogens is 358 g/mol. The number of carbonyl (C=O) groups excluding carboxylic acids is 1. The maximum Gasteiger partial charge on any atom is 0.298 e. The molecule has 1 heterocycles. The minimum absolute atomic E-state index is 0.00993. The zero-order valence-corrected chi connectivity index (χ0v) is 13.5. The Labute approximate surface area is 140 Å². The van der Waals surface area contributed by atoms with Gasteiger partial charge < -0.3 is 5.32 Å². The number of carbonyl (C=O) groups is 1. The normalized spacial score (nSPS) is 10.3. The lowest BCUT2D eigenvalue weighted by Gasteiger charge is -2.08. The summed E-state index contributed by atoms with van der Waals surface area (Å²) in [5, 5.41) is 2.56. The molecular formula is C17H12BrN3O2. The predicted molar refractivity (Wildman–Crippen MR) is 91.9 cm³/mol. The van der Waals surface area contributed by atoms with Crippen molar-refractivity contribution in [1.82, 2.24) is 9.55 Å². The van der Waals surface area contributed by atoms with Crippen LogP contribution in [-0.4, -0.2) is 15.5 Å². The molecule has 0 spiro atoms. The quantitative estimate of drug-likeness (QED) is 0.770. The molecule has 0 bridgehead atoms. The monoisotopic (exact) mass is 369 g/mol. The topological polar surface area (TPSA) is 64.0 Å². The van der Waals surface area contributed by atoms with Crippen LogP contribution in [0.25, 0.3) is 5.69 Å². The molecule has 0 atom stereocenters. The fraction of sp³-hybridized carbons (Fsp3) is 0. The maximum absolute atomic E-state index is 12.5. The fourth-order valence-electron chi connectivity index (χ4n) is 2.07. The molecule has 3 rings (SSSR count). The zero-order valence-electron chi connectivity index (χ0n) is 11.9. The summed E-state index contributed by atoms with van der Waals surface area (Å²) in [5.74, 6) is -0.381. The molecule has 0 radical (unpaired) electrons. The highest BCUT2D eigenvalue weighted by atomic mass is 79.9. The minimum Gasteiger partial charge on any atom is -0.302 e. The van der Waals surface area contributed by atoms with Crippen molar-refractivity contribution in [1.29, 1.82) is 0 Å². The first-order valence-electron chi connectivity index (χ1n) is 6.85. The molecule has 0 unspecified atom stereocenters. The molecule has 0 fully saturated rings. The van der Waals surface area contributed by atoms with Gasteiger partial charge in [0, 0.05) is 28.1 Å². The summed E-state index contributed by atoms with van der Waals surface area (Å²) in [4.78, 5) is 28.6. The van der Waals surface area contributed by atoms with Crippen LogP contribution in [0.4, 0.5) is 5.82 Å². The van der Waals surface area contributed by atoms with Crippen LogP contribution in [0.5, 0.6) is 0 Å². The van der Waals surface area contributed by atoms with Gasteiger partial charge in [0.05, 0.1) is 0 Å². The van der Waals surface area contributed by atoms with Gasteiger partial charge in [0.1, 0.15) is 0 Å². The molecule has 0 saturated heterocycles. The van der Waals surface area contributed by atoms with Crippen LogP contribution in [0.15, 0.2) is 76.3 Å². The molecule has 6 heteroatoms. The van der Waals surface area contributed by atoms with Gasteiger partial charge in [-0.2, -0.15) is 0 Å². The number of amides is 1. The van der Waals surface area contributed by atoms with Gasteiger partial charge in [-0.25, -0.2) is 4.98 Å². The van der Waals surface area contributed by atoms with E-state index in [1.807, 2.05) is 18.2 Å². The summed E-state index contributed by atoms with van der Waals surface area (Å²) in [5.41, 5.74) is 0.766. The van der Waals surface area contributed by atoms with Gasteiger partial charge in [-0.1, -0.05) is 34.1 Å². The highest BCUT2D eigenvalue weighted by molar-refractivity contribution is 9.10. The third kappa shape index (κ3) is 3.37. The molecule has 1 aromatic heterocycles. The Hall–Kier alpha value is -2.73. The lowest BCUT2D eigenvalue weighted by atomic mass is 10.2. The van der Waals surface area contributed by atoms with E-state index in [0.29, 0.717) is 11.3 Å². The van der Waals surface area contributed by atoms with E-state index in [-0.39, 0.29) is 17.3 Å². The summed E-state index contributed by atoms with van der Waals surface area (Å²) in [6.07, 6.45) is 3.04. The zero-order chi connectivity index (χ0) is 16.2. The lowest BCUT2D eigenvalue weighted by Crippen LogP contribution is -2.25. The molecule has 0 aliphatic carbocycles. The second kappa shape index (κ2) is 6.58. The van der Waals surface area contributed by atoms with Gasteiger partial charge in [-0.3, -0.25) is 14.2 Å². The van der Waals surface area contributed by atoms with E-state index in [1.54, 1.807) is 42.6 Å². The maximum atomic E-state index is 12.5. The molecule has 2 aromatic carbocycles. The van der Waals surface area contributed by atoms with Gasteiger partial charge in [-0.05, 0) is 36.4 Å². The first kappa shape index (κ1) is 15.2. The lowest BCUT2D eigenvalue weighted by molar-refractivity contribution is 0.102. The second-order valence-electron chi connectivity index (χ2n) is 4.75. The summed E-state index contributed by atoms with van der Waals surface area (Å²) in [7, 11) is 0. The SMILES string of the molecule is O=C(Nc1nccn(-c2ccc(Br)cc2)c1=O)c1ccccc1. The largest absolute Gasteiger partial charge is 0.302 e. The average molecular weight is 370 g/mol. The average Bonchev–Trinajstić information content (AvgIpc) is 2.58. The number of anilines is 1. The first-order valence-corrected chi connectivity index (χ1v) is 7.64. The fourth-order valence-corrected chi connectivity index (χ4v) is 2.34. The van der Waals surface area contributed by atoms with Crippen molar-refractivity contribution in [2.75, 3.05) is 5.32 Å². The molecule has 5 nitrogen and oxygen atoms in total. The Balaban J connectivity index is 1.93. The van der Waals surface area contributed by atoms with E-state index in [2.05, 4.69) is 26.2 Å². The number of benzene rings is 2. The number of nitrogens with zero attached hydrogens (tertiary/aromatic N) is 2. The Morgan fingerprint density at radius 3 is 2.43 bits per heavy atom. The van der Waals surface area contributed by atoms with Gasteiger partial charge in [0.25, 0.3) is 11.5 Å². The van der Waals surface area contributed by atoms with Crippen molar-refractivity contribution >= 4 is 27.7 Å². The molecule has 0 aliphatic heterocycles. The van der Waals surface area contributed by atoms with E-state index < -0.39 is 0 Å². The number of aromatic nitrogens is 2. The van der Waals surface area contributed by atoms with Crippen molar-refractivity contribution < 1.29 is 4.79 Å². The summed E-state index contributed by atoms with van der Waals surface area (Å²) >= 11 is 3.35. The number of hydrogen-bond donors (Lipinski definition) is 1. The summed E-state index contributed by atoms with van der Waals surface area (Å²) < 4.78 is 2.35. The molecule has 0 aliphatic rings.